The highest BCUT2D eigenvalue weighted by molar-refractivity contribution is 9.10. The van der Waals surface area contributed by atoms with Crippen LogP contribution in [0.3, 0.4) is 0 Å². The average molecular weight is 455 g/mol. The normalized spacial score (nSPS) is 18.9. The van der Waals surface area contributed by atoms with Gasteiger partial charge >= 0.3 is 0 Å². The van der Waals surface area contributed by atoms with Gasteiger partial charge in [-0.3, -0.25) is 0 Å². The Balaban J connectivity index is 1.59. The molecule has 6 rings (SSSR count). The summed E-state index contributed by atoms with van der Waals surface area (Å²) in [7, 11) is 0. The number of hydrogen-bond acceptors (Lipinski definition) is 1. The van der Waals surface area contributed by atoms with E-state index < -0.39 is 0 Å². The van der Waals surface area contributed by atoms with Crippen molar-refractivity contribution in [2.75, 3.05) is 5.75 Å². The second-order valence-corrected chi connectivity index (χ2v) is 9.67. The molecule has 0 nitrogen and oxygen atoms in total. The monoisotopic (exact) mass is 454 g/mol. The van der Waals surface area contributed by atoms with Gasteiger partial charge in [0.05, 0.1) is 0 Å². The van der Waals surface area contributed by atoms with Crippen LogP contribution < -0.4 is 0 Å². The van der Waals surface area contributed by atoms with Crippen molar-refractivity contribution >= 4 is 27.7 Å². The van der Waals surface area contributed by atoms with E-state index in [-0.39, 0.29) is 5.92 Å². The molecule has 0 amide bonds. The van der Waals surface area contributed by atoms with Crippen LogP contribution in [0, 0.1) is 0 Å². The largest absolute Gasteiger partial charge is 0.125 e. The van der Waals surface area contributed by atoms with Crippen molar-refractivity contribution in [3.8, 4) is 11.1 Å². The van der Waals surface area contributed by atoms with Crippen molar-refractivity contribution in [1.82, 2.24) is 0 Å². The summed E-state index contributed by atoms with van der Waals surface area (Å²) in [5.74, 6) is 1.84. The summed E-state index contributed by atoms with van der Waals surface area (Å²) in [6.07, 6.45) is 0. The molecule has 0 fully saturated rings. The van der Waals surface area contributed by atoms with E-state index in [0.717, 1.165) is 5.75 Å². The van der Waals surface area contributed by atoms with Crippen molar-refractivity contribution in [2.45, 2.75) is 16.7 Å². The molecule has 0 radical (unpaired) electrons. The van der Waals surface area contributed by atoms with Gasteiger partial charge in [0.25, 0.3) is 0 Å². The molecular weight excluding hydrogens is 436 g/mol. The van der Waals surface area contributed by atoms with Gasteiger partial charge in [0, 0.05) is 27.0 Å². The molecule has 2 heteroatoms. The van der Waals surface area contributed by atoms with Crippen molar-refractivity contribution < 1.29 is 0 Å². The van der Waals surface area contributed by atoms with Gasteiger partial charge in [-0.25, -0.2) is 0 Å². The van der Waals surface area contributed by atoms with Gasteiger partial charge in [0.15, 0.2) is 0 Å². The summed E-state index contributed by atoms with van der Waals surface area (Å²) < 4.78 is 1.20. The van der Waals surface area contributed by atoms with Gasteiger partial charge in [-0.15, -0.1) is 11.8 Å². The molecule has 0 N–H and O–H groups in total. The molecule has 0 aromatic heterocycles. The third-order valence-corrected chi connectivity index (χ3v) is 8.16. The first kappa shape index (κ1) is 17.6. The summed E-state index contributed by atoms with van der Waals surface area (Å²) in [6.45, 7) is 0. The first-order valence-electron chi connectivity index (χ1n) is 10.0. The maximum atomic E-state index is 3.87. The van der Waals surface area contributed by atoms with Gasteiger partial charge in [-0.2, -0.15) is 0 Å². The zero-order valence-electron chi connectivity index (χ0n) is 15.8. The van der Waals surface area contributed by atoms with E-state index in [0.29, 0.717) is 5.92 Å². The van der Waals surface area contributed by atoms with Crippen LogP contribution in [0.15, 0.2) is 100 Å². The summed E-state index contributed by atoms with van der Waals surface area (Å²) in [5.41, 5.74) is 9.92. The lowest BCUT2D eigenvalue weighted by molar-refractivity contribution is 0.883. The fourth-order valence-corrected chi connectivity index (χ4v) is 6.90. The van der Waals surface area contributed by atoms with E-state index in [1.165, 1.54) is 48.3 Å². The maximum absolute atomic E-state index is 3.87. The van der Waals surface area contributed by atoms with Gasteiger partial charge in [-0.1, -0.05) is 94.8 Å². The number of halogens is 1. The van der Waals surface area contributed by atoms with Gasteiger partial charge in [0.2, 0.25) is 0 Å². The molecule has 1 aliphatic carbocycles. The fraction of sp³-hybridized carbons (Fsp3) is 0.111. The van der Waals surface area contributed by atoms with Crippen LogP contribution in [-0.2, 0) is 0 Å². The Morgan fingerprint density at radius 2 is 1.28 bits per heavy atom. The Hall–Kier alpha value is -2.29. The van der Waals surface area contributed by atoms with Crippen LogP contribution in [0.1, 0.15) is 39.7 Å². The average Bonchev–Trinajstić information content (AvgIpc) is 3.34. The van der Waals surface area contributed by atoms with E-state index >= 15 is 0 Å². The van der Waals surface area contributed by atoms with E-state index in [1.807, 2.05) is 11.8 Å². The third-order valence-electron chi connectivity index (χ3n) is 6.29. The number of thioether (sulfide) groups is 1. The Labute approximate surface area is 184 Å². The van der Waals surface area contributed by atoms with Crippen LogP contribution in [0.2, 0.25) is 0 Å². The highest BCUT2D eigenvalue weighted by atomic mass is 79.9. The molecule has 1 heterocycles. The van der Waals surface area contributed by atoms with Crippen LogP contribution in [0.25, 0.3) is 11.1 Å². The molecule has 0 bridgehead atoms. The molecule has 2 unspecified atom stereocenters. The van der Waals surface area contributed by atoms with E-state index in [2.05, 4.69) is 107 Å². The van der Waals surface area contributed by atoms with Gasteiger partial charge in [-0.05, 0) is 51.1 Å². The summed E-state index contributed by atoms with van der Waals surface area (Å²) in [5, 5.41) is 0. The molecule has 29 heavy (non-hydrogen) atoms. The molecule has 0 saturated carbocycles. The molecule has 2 atom stereocenters. The first-order valence-corrected chi connectivity index (χ1v) is 11.8. The van der Waals surface area contributed by atoms with E-state index in [1.54, 1.807) is 0 Å². The molecule has 140 valence electrons. The number of rotatable bonds is 2. The molecule has 2 aliphatic rings. The van der Waals surface area contributed by atoms with Crippen molar-refractivity contribution in [3.63, 3.8) is 0 Å². The lowest BCUT2D eigenvalue weighted by Gasteiger charge is -2.23. The quantitative estimate of drug-likeness (QED) is 0.261. The lowest BCUT2D eigenvalue weighted by atomic mass is 9.81. The predicted molar refractivity (Wildman–Crippen MR) is 126 cm³/mol. The second kappa shape index (κ2) is 6.90. The molecule has 0 saturated heterocycles. The van der Waals surface area contributed by atoms with E-state index in [4.69, 9.17) is 0 Å². The Morgan fingerprint density at radius 3 is 2.14 bits per heavy atom. The van der Waals surface area contributed by atoms with Crippen molar-refractivity contribution in [1.29, 1.82) is 0 Å². The van der Waals surface area contributed by atoms with Crippen LogP contribution in [-0.4, -0.2) is 5.75 Å². The highest BCUT2D eigenvalue weighted by Gasteiger charge is 2.35. The zero-order valence-corrected chi connectivity index (χ0v) is 18.2. The first-order chi connectivity index (χ1) is 14.3. The van der Waals surface area contributed by atoms with Crippen molar-refractivity contribution in [2.24, 2.45) is 0 Å². The molecule has 4 aromatic rings. The number of benzene rings is 4. The number of fused-ring (bicyclic) bond motifs is 4. The second-order valence-electron chi connectivity index (χ2n) is 7.75. The third kappa shape index (κ3) is 2.66. The molecule has 4 aromatic carbocycles. The maximum Gasteiger partial charge on any atom is 0.0366 e. The topological polar surface area (TPSA) is 0 Å². The Morgan fingerprint density at radius 1 is 0.621 bits per heavy atom. The standard InChI is InChI=1S/C27H19BrS/c28-24-14-7-13-22-17-8-1-3-11-20(17)26(27(22)24)21-12-4-2-9-18(21)23-16-29-25-15-6-5-10-19(23)25/h1-15,23,26H,16H2. The minimum atomic E-state index is 0.269. The van der Waals surface area contributed by atoms with Gasteiger partial charge < -0.3 is 0 Å². The van der Waals surface area contributed by atoms with Crippen LogP contribution in [0.5, 0.6) is 0 Å². The minimum absolute atomic E-state index is 0.269. The van der Waals surface area contributed by atoms with Crippen molar-refractivity contribution in [3.05, 3.63) is 123 Å². The highest BCUT2D eigenvalue weighted by Crippen LogP contribution is 2.53. The molecular formula is C27H19BrS. The minimum Gasteiger partial charge on any atom is -0.125 e. The van der Waals surface area contributed by atoms with E-state index in [9.17, 15) is 0 Å². The fourth-order valence-electron chi connectivity index (χ4n) is 5.05. The summed E-state index contributed by atoms with van der Waals surface area (Å²) in [4.78, 5) is 1.43. The summed E-state index contributed by atoms with van der Waals surface area (Å²) >= 11 is 5.86. The molecule has 0 spiro atoms. The predicted octanol–water partition coefficient (Wildman–Crippen LogP) is 7.85. The molecule has 1 aliphatic heterocycles. The SMILES string of the molecule is Brc1cccc2c1C(c1ccccc1C1CSc3ccccc31)c1ccccc1-2. The summed E-state index contributed by atoms with van der Waals surface area (Å²) in [6, 6.07) is 33.5. The smallest absolute Gasteiger partial charge is 0.0366 e. The Kier molecular flexibility index (Phi) is 4.18. The number of hydrogen-bond donors (Lipinski definition) is 0. The Bertz CT molecular complexity index is 1240. The van der Waals surface area contributed by atoms with Gasteiger partial charge in [0.1, 0.15) is 0 Å². The zero-order chi connectivity index (χ0) is 19.4. The lowest BCUT2D eigenvalue weighted by Crippen LogP contribution is -2.09. The van der Waals surface area contributed by atoms with Crippen LogP contribution in [0.4, 0.5) is 0 Å². The van der Waals surface area contributed by atoms with Crippen LogP contribution >= 0.6 is 27.7 Å².